The Morgan fingerprint density at radius 3 is 2.29 bits per heavy atom. The largest absolute Gasteiger partial charge is 0.325 e. The maximum atomic E-state index is 13.1. The summed E-state index contributed by atoms with van der Waals surface area (Å²) in [6.45, 7) is 0. The number of para-hydroxylation sites is 3. The zero-order valence-electron chi connectivity index (χ0n) is 14.9. The van der Waals surface area contributed by atoms with Crippen molar-refractivity contribution in [2.24, 2.45) is 0 Å². The van der Waals surface area contributed by atoms with Gasteiger partial charge < -0.3 is 5.32 Å². The maximum absolute atomic E-state index is 13.1. The van der Waals surface area contributed by atoms with Gasteiger partial charge in [-0.15, -0.1) is 0 Å². The van der Waals surface area contributed by atoms with E-state index in [1.807, 2.05) is 72.8 Å². The Morgan fingerprint density at radius 1 is 0.893 bits per heavy atom. The first-order valence-corrected chi connectivity index (χ1v) is 9.76. The van der Waals surface area contributed by atoms with Crippen molar-refractivity contribution in [1.82, 2.24) is 9.55 Å². The zero-order chi connectivity index (χ0) is 19.3. The van der Waals surface area contributed by atoms with Crippen LogP contribution in [0.15, 0.2) is 94.9 Å². The number of aromatic nitrogens is 2. The molecule has 6 heteroatoms. The first-order valence-electron chi connectivity index (χ1n) is 8.77. The molecule has 0 fully saturated rings. The van der Waals surface area contributed by atoms with Crippen LogP contribution in [0.5, 0.6) is 0 Å². The second-order valence-electron chi connectivity index (χ2n) is 6.09. The lowest BCUT2D eigenvalue weighted by Gasteiger charge is -2.13. The number of carbonyl (C=O) groups excluding carboxylic acids is 1. The number of nitrogens with zero attached hydrogens (tertiary/aromatic N) is 2. The van der Waals surface area contributed by atoms with Gasteiger partial charge in [-0.1, -0.05) is 60.3 Å². The number of thioether (sulfide) groups is 1. The number of nitrogens with one attached hydrogen (secondary N) is 1. The van der Waals surface area contributed by atoms with Crippen LogP contribution in [0.25, 0.3) is 16.6 Å². The first-order chi connectivity index (χ1) is 13.7. The van der Waals surface area contributed by atoms with Gasteiger partial charge in [0.15, 0.2) is 5.16 Å². The van der Waals surface area contributed by atoms with Crippen LogP contribution < -0.4 is 10.9 Å². The lowest BCUT2D eigenvalue weighted by atomic mass is 10.2. The summed E-state index contributed by atoms with van der Waals surface area (Å²) in [6, 6.07) is 25.8. The third-order valence-corrected chi connectivity index (χ3v) is 5.09. The quantitative estimate of drug-likeness (QED) is 0.413. The van der Waals surface area contributed by atoms with E-state index in [-0.39, 0.29) is 17.2 Å². The maximum Gasteiger partial charge on any atom is 0.266 e. The molecule has 138 valence electrons. The first kappa shape index (κ1) is 18.0. The fourth-order valence-corrected chi connectivity index (χ4v) is 3.68. The van der Waals surface area contributed by atoms with Crippen molar-refractivity contribution in [3.63, 3.8) is 0 Å². The van der Waals surface area contributed by atoms with Gasteiger partial charge in [-0.2, -0.15) is 0 Å². The molecule has 1 N–H and O–H groups in total. The Hall–Kier alpha value is -3.38. The molecule has 3 aromatic carbocycles. The van der Waals surface area contributed by atoms with E-state index in [0.29, 0.717) is 16.1 Å². The van der Waals surface area contributed by atoms with E-state index in [9.17, 15) is 9.59 Å². The molecule has 0 saturated heterocycles. The van der Waals surface area contributed by atoms with Crippen LogP contribution >= 0.6 is 11.8 Å². The van der Waals surface area contributed by atoms with Crippen LogP contribution in [0.3, 0.4) is 0 Å². The van der Waals surface area contributed by atoms with Gasteiger partial charge in [-0.05, 0) is 36.4 Å². The van der Waals surface area contributed by atoms with Crippen molar-refractivity contribution >= 4 is 34.3 Å². The molecule has 0 bridgehead atoms. The molecule has 4 aromatic rings. The highest BCUT2D eigenvalue weighted by Gasteiger charge is 2.14. The summed E-state index contributed by atoms with van der Waals surface area (Å²) in [5, 5.41) is 3.88. The summed E-state index contributed by atoms with van der Waals surface area (Å²) in [4.78, 5) is 30.1. The van der Waals surface area contributed by atoms with E-state index in [0.717, 1.165) is 11.4 Å². The Labute approximate surface area is 166 Å². The van der Waals surface area contributed by atoms with Crippen LogP contribution in [0, 0.1) is 0 Å². The number of carbonyl (C=O) groups is 1. The van der Waals surface area contributed by atoms with Gasteiger partial charge in [0.25, 0.3) is 5.56 Å². The molecule has 0 saturated carbocycles. The predicted molar refractivity (Wildman–Crippen MR) is 113 cm³/mol. The third kappa shape index (κ3) is 3.82. The third-order valence-electron chi connectivity index (χ3n) is 4.15. The van der Waals surface area contributed by atoms with Crippen molar-refractivity contribution in [1.29, 1.82) is 0 Å². The van der Waals surface area contributed by atoms with Crippen LogP contribution in [0.4, 0.5) is 5.69 Å². The second-order valence-corrected chi connectivity index (χ2v) is 7.03. The van der Waals surface area contributed by atoms with Gasteiger partial charge in [-0.25, -0.2) is 4.98 Å². The molecule has 5 nitrogen and oxygen atoms in total. The van der Waals surface area contributed by atoms with E-state index in [1.54, 1.807) is 16.7 Å². The zero-order valence-corrected chi connectivity index (χ0v) is 15.7. The van der Waals surface area contributed by atoms with Crippen LogP contribution in [-0.2, 0) is 4.79 Å². The number of anilines is 1. The average molecular weight is 387 g/mol. The highest BCUT2D eigenvalue weighted by molar-refractivity contribution is 7.99. The Morgan fingerprint density at radius 2 is 1.54 bits per heavy atom. The van der Waals surface area contributed by atoms with Gasteiger partial charge in [0.1, 0.15) is 0 Å². The minimum Gasteiger partial charge on any atom is -0.325 e. The molecule has 1 heterocycles. The van der Waals surface area contributed by atoms with Gasteiger partial charge in [0.2, 0.25) is 5.91 Å². The highest BCUT2D eigenvalue weighted by Crippen LogP contribution is 2.21. The molecule has 4 rings (SSSR count). The van der Waals surface area contributed by atoms with Crippen LogP contribution in [-0.4, -0.2) is 21.2 Å². The van der Waals surface area contributed by atoms with E-state index in [4.69, 9.17) is 0 Å². The fourth-order valence-electron chi connectivity index (χ4n) is 2.86. The molecule has 0 aliphatic heterocycles. The minimum absolute atomic E-state index is 0.145. The van der Waals surface area contributed by atoms with E-state index < -0.39 is 0 Å². The standard InChI is InChI=1S/C22H17N3O2S/c26-20(23-16-9-3-1-4-10-16)15-28-22-24-19-14-8-7-13-18(19)21(27)25(22)17-11-5-2-6-12-17/h1-14H,15H2,(H,23,26). The number of amides is 1. The minimum atomic E-state index is -0.154. The summed E-state index contributed by atoms with van der Waals surface area (Å²) >= 11 is 1.24. The summed E-state index contributed by atoms with van der Waals surface area (Å²) < 4.78 is 1.56. The van der Waals surface area contributed by atoms with E-state index in [2.05, 4.69) is 10.3 Å². The van der Waals surface area contributed by atoms with Crippen molar-refractivity contribution in [3.8, 4) is 5.69 Å². The molecule has 1 aromatic heterocycles. The van der Waals surface area contributed by atoms with E-state index >= 15 is 0 Å². The van der Waals surface area contributed by atoms with Crippen molar-refractivity contribution in [2.75, 3.05) is 11.1 Å². The molecule has 0 unspecified atom stereocenters. The Bertz CT molecular complexity index is 1170. The van der Waals surface area contributed by atoms with Gasteiger partial charge >= 0.3 is 0 Å². The van der Waals surface area contributed by atoms with Crippen molar-refractivity contribution in [3.05, 3.63) is 95.3 Å². The topological polar surface area (TPSA) is 64.0 Å². The van der Waals surface area contributed by atoms with Crippen molar-refractivity contribution < 1.29 is 4.79 Å². The lowest BCUT2D eigenvalue weighted by Crippen LogP contribution is -2.22. The van der Waals surface area contributed by atoms with Crippen LogP contribution in [0.2, 0.25) is 0 Å². The normalized spacial score (nSPS) is 10.7. The number of hydrogen-bond acceptors (Lipinski definition) is 4. The molecule has 0 spiro atoms. The molecular formula is C22H17N3O2S. The Balaban J connectivity index is 1.67. The summed E-state index contributed by atoms with van der Waals surface area (Å²) in [5.41, 5.74) is 1.92. The molecular weight excluding hydrogens is 370 g/mol. The summed E-state index contributed by atoms with van der Waals surface area (Å²) in [5.74, 6) is -0.00908. The molecule has 0 aliphatic rings. The van der Waals surface area contributed by atoms with Gasteiger partial charge in [0, 0.05) is 5.69 Å². The van der Waals surface area contributed by atoms with E-state index in [1.165, 1.54) is 11.8 Å². The lowest BCUT2D eigenvalue weighted by molar-refractivity contribution is -0.113. The number of hydrogen-bond donors (Lipinski definition) is 1. The molecule has 1 amide bonds. The summed E-state index contributed by atoms with van der Waals surface area (Å²) in [7, 11) is 0. The fraction of sp³-hybridized carbons (Fsp3) is 0.0455. The SMILES string of the molecule is O=C(CSc1nc2ccccc2c(=O)n1-c1ccccc1)Nc1ccccc1. The van der Waals surface area contributed by atoms with Crippen molar-refractivity contribution in [2.45, 2.75) is 5.16 Å². The second kappa shape index (κ2) is 8.10. The smallest absolute Gasteiger partial charge is 0.266 e. The number of benzene rings is 3. The highest BCUT2D eigenvalue weighted by atomic mass is 32.2. The van der Waals surface area contributed by atoms with Gasteiger partial charge in [-0.3, -0.25) is 14.2 Å². The predicted octanol–water partition coefficient (Wildman–Crippen LogP) is 4.12. The van der Waals surface area contributed by atoms with Crippen LogP contribution in [0.1, 0.15) is 0 Å². The average Bonchev–Trinajstić information content (AvgIpc) is 2.74. The monoisotopic (exact) mass is 387 g/mol. The van der Waals surface area contributed by atoms with Gasteiger partial charge in [0.05, 0.1) is 22.3 Å². The number of fused-ring (bicyclic) bond motifs is 1. The molecule has 0 aliphatic carbocycles. The summed E-state index contributed by atoms with van der Waals surface area (Å²) in [6.07, 6.45) is 0. The molecule has 0 radical (unpaired) electrons. The molecule has 28 heavy (non-hydrogen) atoms. The Kier molecular flexibility index (Phi) is 5.21. The molecule has 0 atom stereocenters. The number of rotatable bonds is 5.